The lowest BCUT2D eigenvalue weighted by Gasteiger charge is -2.14. The molecule has 0 aliphatic carbocycles. The molecule has 2 aromatic carbocycles. The fourth-order valence-electron chi connectivity index (χ4n) is 2.75. The Hall–Kier alpha value is -2.87. The van der Waals surface area contributed by atoms with Crippen LogP contribution in [0.2, 0.25) is 0 Å². The van der Waals surface area contributed by atoms with Crippen LogP contribution in [0.5, 0.6) is 23.0 Å². The molecule has 0 amide bonds. The van der Waals surface area contributed by atoms with Crippen LogP contribution >= 0.6 is 0 Å². The summed E-state index contributed by atoms with van der Waals surface area (Å²) in [4.78, 5) is 0. The third kappa shape index (κ3) is 4.57. The normalized spacial score (nSPS) is 10.2. The van der Waals surface area contributed by atoms with E-state index in [4.69, 9.17) is 18.9 Å². The lowest BCUT2D eigenvalue weighted by molar-refractivity contribution is 0.354. The van der Waals surface area contributed by atoms with Gasteiger partial charge in [-0.3, -0.25) is 0 Å². The van der Waals surface area contributed by atoms with Gasteiger partial charge in [0.2, 0.25) is 0 Å². The monoisotopic (exact) mass is 341 g/mol. The second kappa shape index (κ2) is 8.84. The first kappa shape index (κ1) is 18.5. The van der Waals surface area contributed by atoms with Crippen molar-refractivity contribution in [2.75, 3.05) is 28.4 Å². The Morgan fingerprint density at radius 1 is 0.720 bits per heavy atom. The van der Waals surface area contributed by atoms with Crippen molar-refractivity contribution in [3.05, 3.63) is 47.5 Å². The Morgan fingerprint density at radius 3 is 1.44 bits per heavy atom. The van der Waals surface area contributed by atoms with Gasteiger partial charge in [0.15, 0.2) is 23.0 Å². The highest BCUT2D eigenvalue weighted by Gasteiger charge is 2.14. The summed E-state index contributed by atoms with van der Waals surface area (Å²) in [5.74, 6) is 2.54. The topological polar surface area (TPSA) is 60.7 Å². The zero-order chi connectivity index (χ0) is 18.2. The number of nitrogens with zero attached hydrogens (tertiary/aromatic N) is 1. The van der Waals surface area contributed by atoms with E-state index in [1.54, 1.807) is 28.4 Å². The first-order valence-electron chi connectivity index (χ1n) is 7.96. The molecule has 25 heavy (non-hydrogen) atoms. The average Bonchev–Trinajstić information content (AvgIpc) is 2.66. The molecule has 2 aromatic rings. The minimum Gasteiger partial charge on any atom is -0.493 e. The van der Waals surface area contributed by atoms with Crippen molar-refractivity contribution in [2.45, 2.75) is 12.8 Å². The number of ether oxygens (including phenoxy) is 4. The van der Waals surface area contributed by atoms with Crippen LogP contribution in [-0.2, 0) is 12.8 Å². The summed E-state index contributed by atoms with van der Waals surface area (Å²) < 4.78 is 21.2. The summed E-state index contributed by atoms with van der Waals surface area (Å²) in [7, 11) is 6.42. The van der Waals surface area contributed by atoms with Gasteiger partial charge in [0.05, 0.1) is 40.4 Å². The SMILES string of the molecule is COc1ccc(CC(C#N)Cc2ccc(OC)c(OC)c2)cc1OC. The van der Waals surface area contributed by atoms with E-state index in [0.29, 0.717) is 35.8 Å². The number of hydrogen-bond donors (Lipinski definition) is 0. The predicted octanol–water partition coefficient (Wildman–Crippen LogP) is 3.65. The molecule has 0 aromatic heterocycles. The first-order valence-corrected chi connectivity index (χ1v) is 7.96. The van der Waals surface area contributed by atoms with Crippen molar-refractivity contribution in [1.29, 1.82) is 5.26 Å². The van der Waals surface area contributed by atoms with Crippen LogP contribution in [0.4, 0.5) is 0 Å². The summed E-state index contributed by atoms with van der Waals surface area (Å²) in [6, 6.07) is 13.9. The molecule has 0 aliphatic rings. The van der Waals surface area contributed by atoms with E-state index in [2.05, 4.69) is 6.07 Å². The molecule has 5 nitrogen and oxygen atoms in total. The Morgan fingerprint density at radius 2 is 1.12 bits per heavy atom. The molecule has 0 spiro atoms. The van der Waals surface area contributed by atoms with Crippen molar-refractivity contribution in [1.82, 2.24) is 0 Å². The Balaban J connectivity index is 2.14. The third-order valence-corrected chi connectivity index (χ3v) is 4.04. The van der Waals surface area contributed by atoms with Gasteiger partial charge in [0.1, 0.15) is 0 Å². The number of hydrogen-bond acceptors (Lipinski definition) is 5. The van der Waals surface area contributed by atoms with Gasteiger partial charge in [-0.25, -0.2) is 0 Å². The Bertz CT molecular complexity index is 694. The fourth-order valence-corrected chi connectivity index (χ4v) is 2.75. The average molecular weight is 341 g/mol. The van der Waals surface area contributed by atoms with Crippen molar-refractivity contribution in [3.8, 4) is 29.1 Å². The van der Waals surface area contributed by atoms with E-state index in [0.717, 1.165) is 11.1 Å². The van der Waals surface area contributed by atoms with E-state index in [9.17, 15) is 5.26 Å². The third-order valence-electron chi connectivity index (χ3n) is 4.04. The van der Waals surface area contributed by atoms with Crippen LogP contribution in [0.15, 0.2) is 36.4 Å². The standard InChI is InChI=1S/C20H23NO4/c1-22-17-7-5-14(11-19(17)24-3)9-16(13-21)10-15-6-8-18(23-2)20(12-15)25-4/h5-8,11-12,16H,9-10H2,1-4H3. The van der Waals surface area contributed by atoms with Crippen LogP contribution < -0.4 is 18.9 Å². The van der Waals surface area contributed by atoms with Crippen molar-refractivity contribution < 1.29 is 18.9 Å². The van der Waals surface area contributed by atoms with E-state index in [1.165, 1.54) is 0 Å². The van der Waals surface area contributed by atoms with E-state index >= 15 is 0 Å². The maximum atomic E-state index is 9.54. The maximum absolute atomic E-state index is 9.54. The molecule has 0 saturated heterocycles. The van der Waals surface area contributed by atoms with Gasteiger partial charge >= 0.3 is 0 Å². The van der Waals surface area contributed by atoms with Gasteiger partial charge in [0.25, 0.3) is 0 Å². The molecule has 0 saturated carbocycles. The quantitative estimate of drug-likeness (QED) is 0.733. The van der Waals surface area contributed by atoms with Gasteiger partial charge in [-0.05, 0) is 48.2 Å². The van der Waals surface area contributed by atoms with E-state index < -0.39 is 0 Å². The molecule has 0 fully saturated rings. The molecule has 5 heteroatoms. The number of methoxy groups -OCH3 is 4. The molecule has 0 unspecified atom stereocenters. The largest absolute Gasteiger partial charge is 0.493 e. The van der Waals surface area contributed by atoms with Gasteiger partial charge in [-0.2, -0.15) is 5.26 Å². The molecule has 0 atom stereocenters. The summed E-state index contributed by atoms with van der Waals surface area (Å²) in [6.07, 6.45) is 1.26. The van der Waals surface area contributed by atoms with E-state index in [-0.39, 0.29) is 5.92 Å². The molecule has 0 N–H and O–H groups in total. The van der Waals surface area contributed by atoms with Crippen LogP contribution in [-0.4, -0.2) is 28.4 Å². The molecule has 132 valence electrons. The van der Waals surface area contributed by atoms with Crippen molar-refractivity contribution in [3.63, 3.8) is 0 Å². The molecule has 0 bridgehead atoms. The first-order chi connectivity index (χ1) is 12.1. The molecular formula is C20H23NO4. The molecule has 2 rings (SSSR count). The fraction of sp³-hybridized carbons (Fsp3) is 0.350. The van der Waals surface area contributed by atoms with Gasteiger partial charge in [-0.1, -0.05) is 12.1 Å². The summed E-state index contributed by atoms with van der Waals surface area (Å²) >= 11 is 0. The van der Waals surface area contributed by atoms with Gasteiger partial charge in [0, 0.05) is 0 Å². The lowest BCUT2D eigenvalue weighted by atomic mass is 9.93. The molecule has 0 aliphatic heterocycles. The number of rotatable bonds is 8. The minimum absolute atomic E-state index is 0.156. The highest BCUT2D eigenvalue weighted by Crippen LogP contribution is 2.31. The van der Waals surface area contributed by atoms with Crippen LogP contribution in [0, 0.1) is 17.2 Å². The lowest BCUT2D eigenvalue weighted by Crippen LogP contribution is -2.07. The van der Waals surface area contributed by atoms with Crippen molar-refractivity contribution >= 4 is 0 Å². The highest BCUT2D eigenvalue weighted by molar-refractivity contribution is 5.44. The van der Waals surface area contributed by atoms with Crippen LogP contribution in [0.3, 0.4) is 0 Å². The summed E-state index contributed by atoms with van der Waals surface area (Å²) in [5, 5.41) is 9.54. The summed E-state index contributed by atoms with van der Waals surface area (Å²) in [6.45, 7) is 0. The number of nitriles is 1. The Kier molecular flexibility index (Phi) is 6.53. The summed E-state index contributed by atoms with van der Waals surface area (Å²) in [5.41, 5.74) is 2.06. The molecule has 0 radical (unpaired) electrons. The highest BCUT2D eigenvalue weighted by atomic mass is 16.5. The minimum atomic E-state index is -0.156. The van der Waals surface area contributed by atoms with Crippen LogP contribution in [0.25, 0.3) is 0 Å². The second-order valence-corrected chi connectivity index (χ2v) is 5.61. The smallest absolute Gasteiger partial charge is 0.160 e. The van der Waals surface area contributed by atoms with Gasteiger partial charge in [-0.15, -0.1) is 0 Å². The van der Waals surface area contributed by atoms with E-state index in [1.807, 2.05) is 36.4 Å². The predicted molar refractivity (Wildman–Crippen MR) is 95.6 cm³/mol. The van der Waals surface area contributed by atoms with Crippen molar-refractivity contribution in [2.24, 2.45) is 5.92 Å². The molecule has 0 heterocycles. The molecular weight excluding hydrogens is 318 g/mol. The Labute approximate surface area is 148 Å². The second-order valence-electron chi connectivity index (χ2n) is 5.61. The van der Waals surface area contributed by atoms with Crippen LogP contribution in [0.1, 0.15) is 11.1 Å². The van der Waals surface area contributed by atoms with Gasteiger partial charge < -0.3 is 18.9 Å². The zero-order valence-electron chi connectivity index (χ0n) is 15.0. The number of benzene rings is 2. The zero-order valence-corrected chi connectivity index (χ0v) is 15.0. The maximum Gasteiger partial charge on any atom is 0.160 e.